The van der Waals surface area contributed by atoms with Crippen LogP contribution in [-0.2, 0) is 0 Å². The highest BCUT2D eigenvalue weighted by Gasteiger charge is 2.15. The van der Waals surface area contributed by atoms with E-state index in [1.54, 1.807) is 12.1 Å². The van der Waals surface area contributed by atoms with Crippen molar-refractivity contribution in [2.45, 2.75) is 25.4 Å². The molecule has 2 aromatic carbocycles. The van der Waals surface area contributed by atoms with E-state index in [2.05, 4.69) is 31.0 Å². The Hall–Kier alpha value is -2.06. The van der Waals surface area contributed by atoms with Crippen molar-refractivity contribution < 1.29 is 5.11 Å². The van der Waals surface area contributed by atoms with E-state index in [-0.39, 0.29) is 6.04 Å². The average molecular weight is 267 g/mol. The summed E-state index contributed by atoms with van der Waals surface area (Å²) in [6.45, 7) is 5.94. The molecular weight excluding hydrogens is 246 g/mol. The van der Waals surface area contributed by atoms with Crippen LogP contribution in [0.2, 0.25) is 0 Å². The van der Waals surface area contributed by atoms with Crippen LogP contribution in [0.4, 0.5) is 0 Å². The van der Waals surface area contributed by atoms with Crippen molar-refractivity contribution in [1.29, 1.82) is 0 Å². The Labute approximate surface area is 120 Å². The first kappa shape index (κ1) is 14.4. The van der Waals surface area contributed by atoms with Gasteiger partial charge in [-0.3, -0.25) is 0 Å². The van der Waals surface area contributed by atoms with Crippen LogP contribution in [0.15, 0.2) is 67.3 Å². The molecule has 0 aliphatic carbocycles. The topological polar surface area (TPSA) is 32.3 Å². The van der Waals surface area contributed by atoms with Gasteiger partial charge in [-0.05, 0) is 36.6 Å². The monoisotopic (exact) mass is 267 g/mol. The Morgan fingerprint density at radius 3 is 2.25 bits per heavy atom. The smallest absolute Gasteiger partial charge is 0.115 e. The third-order valence-electron chi connectivity index (χ3n) is 3.33. The number of phenolic OH excluding ortho intramolecular Hbond substituents is 1. The quantitative estimate of drug-likeness (QED) is 0.774. The molecule has 20 heavy (non-hydrogen) atoms. The van der Waals surface area contributed by atoms with Gasteiger partial charge in [0, 0.05) is 6.04 Å². The minimum absolute atomic E-state index is 0.117. The van der Waals surface area contributed by atoms with Gasteiger partial charge in [-0.2, -0.15) is 0 Å². The lowest BCUT2D eigenvalue weighted by Crippen LogP contribution is -2.30. The third-order valence-corrected chi connectivity index (χ3v) is 3.33. The van der Waals surface area contributed by atoms with Crippen molar-refractivity contribution in [2.75, 3.05) is 0 Å². The molecule has 2 atom stereocenters. The molecule has 104 valence electrons. The lowest BCUT2D eigenvalue weighted by molar-refractivity contribution is 0.473. The van der Waals surface area contributed by atoms with Crippen molar-refractivity contribution in [3.05, 3.63) is 78.4 Å². The number of nitrogens with one attached hydrogen (secondary N) is 1. The Bertz CT molecular complexity index is 533. The number of hydrogen-bond donors (Lipinski definition) is 2. The molecule has 2 unspecified atom stereocenters. The molecule has 0 aliphatic heterocycles. The summed E-state index contributed by atoms with van der Waals surface area (Å²) in [6, 6.07) is 18.2. The van der Waals surface area contributed by atoms with E-state index >= 15 is 0 Å². The highest BCUT2D eigenvalue weighted by Crippen LogP contribution is 2.24. The summed E-state index contributed by atoms with van der Waals surface area (Å²) in [5.74, 6) is 0.291. The zero-order valence-electron chi connectivity index (χ0n) is 11.8. The molecule has 2 N–H and O–H groups in total. The number of phenols is 1. The molecule has 0 amide bonds. The lowest BCUT2D eigenvalue weighted by atomic mass is 9.97. The zero-order chi connectivity index (χ0) is 14.4. The molecule has 0 spiro atoms. The fourth-order valence-corrected chi connectivity index (χ4v) is 2.30. The van der Waals surface area contributed by atoms with Crippen LogP contribution in [0.1, 0.15) is 30.5 Å². The summed E-state index contributed by atoms with van der Waals surface area (Å²) in [4.78, 5) is 0. The number of benzene rings is 2. The van der Waals surface area contributed by atoms with Crippen LogP contribution in [0.3, 0.4) is 0 Å². The Kier molecular flexibility index (Phi) is 4.97. The van der Waals surface area contributed by atoms with Crippen LogP contribution in [0.5, 0.6) is 5.75 Å². The van der Waals surface area contributed by atoms with Crippen molar-refractivity contribution in [3.63, 3.8) is 0 Å². The first-order chi connectivity index (χ1) is 9.70. The lowest BCUT2D eigenvalue weighted by Gasteiger charge is -2.24. The molecule has 0 aromatic heterocycles. The molecule has 2 rings (SSSR count). The summed E-state index contributed by atoms with van der Waals surface area (Å²) in [7, 11) is 0. The first-order valence-electron chi connectivity index (χ1n) is 6.91. The minimum atomic E-state index is 0.117. The van der Waals surface area contributed by atoms with E-state index in [1.807, 2.05) is 36.4 Å². The fourth-order valence-electron chi connectivity index (χ4n) is 2.30. The number of rotatable bonds is 6. The second-order valence-corrected chi connectivity index (χ2v) is 5.03. The van der Waals surface area contributed by atoms with Crippen LogP contribution < -0.4 is 5.32 Å². The molecule has 2 aromatic rings. The highest BCUT2D eigenvalue weighted by molar-refractivity contribution is 5.35. The maximum atomic E-state index is 9.44. The Morgan fingerprint density at radius 2 is 1.65 bits per heavy atom. The van der Waals surface area contributed by atoms with E-state index in [0.717, 1.165) is 12.0 Å². The van der Waals surface area contributed by atoms with Crippen molar-refractivity contribution in [2.24, 2.45) is 0 Å². The minimum Gasteiger partial charge on any atom is -0.508 e. The molecule has 0 saturated carbocycles. The second-order valence-electron chi connectivity index (χ2n) is 5.03. The predicted molar refractivity (Wildman–Crippen MR) is 83.8 cm³/mol. The van der Waals surface area contributed by atoms with Gasteiger partial charge in [-0.25, -0.2) is 0 Å². The van der Waals surface area contributed by atoms with Gasteiger partial charge < -0.3 is 10.4 Å². The van der Waals surface area contributed by atoms with E-state index in [1.165, 1.54) is 5.56 Å². The molecule has 0 bridgehead atoms. The van der Waals surface area contributed by atoms with Gasteiger partial charge in [-0.15, -0.1) is 6.58 Å². The molecule has 2 nitrogen and oxygen atoms in total. The van der Waals surface area contributed by atoms with E-state index in [9.17, 15) is 5.11 Å². The Morgan fingerprint density at radius 1 is 1.05 bits per heavy atom. The molecule has 0 saturated heterocycles. The fraction of sp³-hybridized carbons (Fsp3) is 0.222. The van der Waals surface area contributed by atoms with Gasteiger partial charge in [0.2, 0.25) is 0 Å². The summed E-state index contributed by atoms with van der Waals surface area (Å²) in [5, 5.41) is 13.1. The second kappa shape index (κ2) is 6.92. The van der Waals surface area contributed by atoms with Crippen LogP contribution in [0.25, 0.3) is 0 Å². The molecule has 0 heterocycles. The molecule has 0 fully saturated rings. The van der Waals surface area contributed by atoms with E-state index in [0.29, 0.717) is 11.8 Å². The normalized spacial score (nSPS) is 13.7. The van der Waals surface area contributed by atoms with Crippen LogP contribution in [0, 0.1) is 0 Å². The zero-order valence-corrected chi connectivity index (χ0v) is 11.8. The van der Waals surface area contributed by atoms with Gasteiger partial charge in [0.05, 0.1) is 6.04 Å². The van der Waals surface area contributed by atoms with Crippen molar-refractivity contribution in [3.8, 4) is 5.75 Å². The van der Waals surface area contributed by atoms with E-state index in [4.69, 9.17) is 0 Å². The van der Waals surface area contributed by atoms with Crippen molar-refractivity contribution in [1.82, 2.24) is 5.32 Å². The van der Waals surface area contributed by atoms with Gasteiger partial charge in [0.1, 0.15) is 5.75 Å². The molecular formula is C18H21NO. The molecule has 0 radical (unpaired) electrons. The molecule has 0 aliphatic rings. The summed E-state index contributed by atoms with van der Waals surface area (Å²) in [6.07, 6.45) is 2.85. The standard InChI is InChI=1S/C18H21NO/c1-3-7-14(2)19-18(15-8-5-4-6-9-15)16-10-12-17(20)13-11-16/h3-6,8-14,18-20H,1,7H2,2H3. The predicted octanol–water partition coefficient (Wildman–Crippen LogP) is 4.04. The molecule has 2 heteroatoms. The third kappa shape index (κ3) is 3.72. The van der Waals surface area contributed by atoms with Gasteiger partial charge in [0.15, 0.2) is 0 Å². The van der Waals surface area contributed by atoms with Gasteiger partial charge >= 0.3 is 0 Å². The maximum absolute atomic E-state index is 9.44. The summed E-state index contributed by atoms with van der Waals surface area (Å²) in [5.41, 5.74) is 2.36. The van der Waals surface area contributed by atoms with Crippen molar-refractivity contribution >= 4 is 0 Å². The Balaban J connectivity index is 2.28. The van der Waals surface area contributed by atoms with E-state index < -0.39 is 0 Å². The highest BCUT2D eigenvalue weighted by atomic mass is 16.3. The van der Waals surface area contributed by atoms with Crippen LogP contribution >= 0.6 is 0 Å². The largest absolute Gasteiger partial charge is 0.508 e. The average Bonchev–Trinajstić information content (AvgIpc) is 2.47. The first-order valence-corrected chi connectivity index (χ1v) is 6.91. The SMILES string of the molecule is C=CCC(C)NC(c1ccccc1)c1ccc(O)cc1. The maximum Gasteiger partial charge on any atom is 0.115 e. The van der Waals surface area contributed by atoms with Crippen LogP contribution in [-0.4, -0.2) is 11.1 Å². The van der Waals surface area contributed by atoms with Gasteiger partial charge in [-0.1, -0.05) is 48.5 Å². The summed E-state index contributed by atoms with van der Waals surface area (Å²) >= 11 is 0. The van der Waals surface area contributed by atoms with Gasteiger partial charge in [0.25, 0.3) is 0 Å². The number of hydrogen-bond acceptors (Lipinski definition) is 2. The summed E-state index contributed by atoms with van der Waals surface area (Å²) < 4.78 is 0. The number of aromatic hydroxyl groups is 1.